The molecule has 3 aliphatic heterocycles. The predicted molar refractivity (Wildman–Crippen MR) is 95.9 cm³/mol. The van der Waals surface area contributed by atoms with Gasteiger partial charge < -0.3 is 14.4 Å². The van der Waals surface area contributed by atoms with Crippen molar-refractivity contribution in [3.8, 4) is 0 Å². The summed E-state index contributed by atoms with van der Waals surface area (Å²) in [4.78, 5) is 9.67. The van der Waals surface area contributed by atoms with Gasteiger partial charge in [-0.2, -0.15) is 0 Å². The van der Waals surface area contributed by atoms with E-state index in [0.717, 1.165) is 16.8 Å². The van der Waals surface area contributed by atoms with E-state index in [1.54, 1.807) is 17.2 Å². The molecule has 0 spiro atoms. The molecule has 0 aromatic heterocycles. The predicted octanol–water partition coefficient (Wildman–Crippen LogP) is 1.05. The average molecular weight is 410 g/mol. The summed E-state index contributed by atoms with van der Waals surface area (Å²) in [7, 11) is -2.73. The zero-order valence-corrected chi connectivity index (χ0v) is 15.5. The molecule has 0 bridgehead atoms. The lowest BCUT2D eigenvalue weighted by Crippen LogP contribution is -2.36. The molecule has 1 aromatic carbocycles. The van der Waals surface area contributed by atoms with Gasteiger partial charge in [-0.15, -0.1) is 0 Å². The highest BCUT2D eigenvalue weighted by Crippen LogP contribution is 2.35. The highest BCUT2D eigenvalue weighted by molar-refractivity contribution is 7.89. The Morgan fingerprint density at radius 3 is 2.71 bits per heavy atom. The minimum atomic E-state index is -4.22. The SMILES string of the molecule is COC1=NC2N=CC3=C(C2=C1)N(Cc1c(F)cc(S(N)(=O)=O)cc1F)COC3. The van der Waals surface area contributed by atoms with Gasteiger partial charge in [0.15, 0.2) is 6.17 Å². The van der Waals surface area contributed by atoms with Crippen molar-refractivity contribution in [1.82, 2.24) is 4.90 Å². The fourth-order valence-corrected chi connectivity index (χ4v) is 3.83. The Morgan fingerprint density at radius 2 is 2.07 bits per heavy atom. The smallest absolute Gasteiger partial charge is 0.238 e. The lowest BCUT2D eigenvalue weighted by molar-refractivity contribution is 0.0394. The first-order chi connectivity index (χ1) is 13.3. The molecular weight excluding hydrogens is 394 g/mol. The molecule has 1 aromatic rings. The molecular formula is C17H16F2N4O4S. The molecule has 11 heteroatoms. The van der Waals surface area contributed by atoms with Crippen molar-refractivity contribution < 1.29 is 26.7 Å². The molecule has 0 amide bonds. The van der Waals surface area contributed by atoms with Gasteiger partial charge >= 0.3 is 0 Å². The van der Waals surface area contributed by atoms with E-state index in [-0.39, 0.29) is 18.8 Å². The number of halogens is 2. The number of sulfonamides is 1. The highest BCUT2D eigenvalue weighted by atomic mass is 32.2. The normalized spacial score (nSPS) is 21.3. The quantitative estimate of drug-likeness (QED) is 0.802. The summed E-state index contributed by atoms with van der Waals surface area (Å²) in [5, 5.41) is 4.96. The molecule has 1 atom stereocenters. The summed E-state index contributed by atoms with van der Waals surface area (Å²) < 4.78 is 62.4. The van der Waals surface area contributed by atoms with Gasteiger partial charge in [0, 0.05) is 29.0 Å². The lowest BCUT2D eigenvalue weighted by Gasteiger charge is -2.36. The van der Waals surface area contributed by atoms with Gasteiger partial charge in [-0.25, -0.2) is 27.3 Å². The first-order valence-corrected chi connectivity index (χ1v) is 9.76. The van der Waals surface area contributed by atoms with Gasteiger partial charge in [0.2, 0.25) is 15.9 Å². The minimum absolute atomic E-state index is 0.0921. The van der Waals surface area contributed by atoms with Crippen LogP contribution in [0.25, 0.3) is 0 Å². The van der Waals surface area contributed by atoms with Crippen LogP contribution in [0.2, 0.25) is 0 Å². The maximum Gasteiger partial charge on any atom is 0.238 e. The van der Waals surface area contributed by atoms with Crippen LogP contribution in [0.5, 0.6) is 0 Å². The van der Waals surface area contributed by atoms with Crippen molar-refractivity contribution in [2.24, 2.45) is 15.1 Å². The third-order valence-electron chi connectivity index (χ3n) is 4.58. The Morgan fingerprint density at radius 1 is 1.36 bits per heavy atom. The Hall–Kier alpha value is -2.63. The number of nitrogens with zero attached hydrogens (tertiary/aromatic N) is 3. The van der Waals surface area contributed by atoms with Gasteiger partial charge in [0.25, 0.3) is 0 Å². The first kappa shape index (κ1) is 18.7. The van der Waals surface area contributed by atoms with Crippen molar-refractivity contribution in [3.05, 3.63) is 52.2 Å². The van der Waals surface area contributed by atoms with Gasteiger partial charge in [-0.05, 0) is 12.1 Å². The van der Waals surface area contributed by atoms with Crippen molar-refractivity contribution in [1.29, 1.82) is 0 Å². The largest absolute Gasteiger partial charge is 0.481 e. The Kier molecular flexibility index (Phi) is 4.52. The van der Waals surface area contributed by atoms with E-state index in [0.29, 0.717) is 24.6 Å². The van der Waals surface area contributed by atoms with E-state index in [2.05, 4.69) is 9.98 Å². The van der Waals surface area contributed by atoms with Crippen LogP contribution in [-0.4, -0.2) is 52.0 Å². The molecule has 2 N–H and O–H groups in total. The summed E-state index contributed by atoms with van der Waals surface area (Å²) in [5.41, 5.74) is 1.93. The van der Waals surface area contributed by atoms with Gasteiger partial charge in [0.05, 0.1) is 30.9 Å². The minimum Gasteiger partial charge on any atom is -0.481 e. The third-order valence-corrected chi connectivity index (χ3v) is 5.47. The maximum absolute atomic E-state index is 14.5. The number of rotatable bonds is 3. The number of methoxy groups -OCH3 is 1. The summed E-state index contributed by atoms with van der Waals surface area (Å²) in [6.07, 6.45) is 2.88. The van der Waals surface area contributed by atoms with E-state index < -0.39 is 32.7 Å². The Bertz CT molecular complexity index is 1060. The van der Waals surface area contributed by atoms with E-state index in [9.17, 15) is 17.2 Å². The lowest BCUT2D eigenvalue weighted by atomic mass is 10.0. The van der Waals surface area contributed by atoms with E-state index in [1.165, 1.54) is 7.11 Å². The second-order valence-corrected chi connectivity index (χ2v) is 7.94. The summed E-state index contributed by atoms with van der Waals surface area (Å²) >= 11 is 0. The number of nitrogens with two attached hydrogens (primary N) is 1. The van der Waals surface area contributed by atoms with E-state index in [1.807, 2.05) is 0 Å². The topological polar surface area (TPSA) is 107 Å². The Balaban J connectivity index is 1.70. The zero-order chi connectivity index (χ0) is 20.1. The van der Waals surface area contributed by atoms with Crippen molar-refractivity contribution in [2.75, 3.05) is 20.4 Å². The molecule has 3 aliphatic rings. The number of hydrogen-bond donors (Lipinski definition) is 1. The van der Waals surface area contributed by atoms with Crippen LogP contribution in [0.3, 0.4) is 0 Å². The second kappa shape index (κ2) is 6.76. The third kappa shape index (κ3) is 3.21. The summed E-state index contributed by atoms with van der Waals surface area (Å²) in [5.74, 6) is -1.61. The molecule has 0 radical (unpaired) electrons. The van der Waals surface area contributed by atoms with Crippen LogP contribution < -0.4 is 5.14 Å². The standard InChI is InChI=1S/C17H16F2N4O4S/c1-26-15-4-11-16-9(5-21-17(11)22-15)7-27-8-23(16)6-12-13(18)2-10(3-14(12)19)28(20,24)25/h2-5,17H,6-8H2,1H3,(H2,20,24,25). The molecule has 28 heavy (non-hydrogen) atoms. The number of ether oxygens (including phenoxy) is 2. The van der Waals surface area contributed by atoms with Crippen molar-refractivity contribution in [3.63, 3.8) is 0 Å². The number of fused-ring (bicyclic) bond motifs is 2. The monoisotopic (exact) mass is 410 g/mol. The zero-order valence-electron chi connectivity index (χ0n) is 14.7. The number of hydrogen-bond acceptors (Lipinski definition) is 7. The fourth-order valence-electron chi connectivity index (χ4n) is 3.29. The summed E-state index contributed by atoms with van der Waals surface area (Å²) in [6.45, 7) is 0.216. The molecule has 0 fully saturated rings. The van der Waals surface area contributed by atoms with Gasteiger partial charge in [0.1, 0.15) is 18.4 Å². The highest BCUT2D eigenvalue weighted by Gasteiger charge is 2.34. The molecule has 0 aliphatic carbocycles. The molecule has 1 unspecified atom stereocenters. The van der Waals surface area contributed by atoms with Gasteiger partial charge in [-0.3, -0.25) is 4.99 Å². The molecule has 3 heterocycles. The number of primary sulfonamides is 1. The molecule has 4 rings (SSSR count). The van der Waals surface area contributed by atoms with E-state index in [4.69, 9.17) is 14.6 Å². The average Bonchev–Trinajstić information content (AvgIpc) is 3.07. The first-order valence-electron chi connectivity index (χ1n) is 8.21. The number of dihydropyridines is 1. The van der Waals surface area contributed by atoms with E-state index >= 15 is 0 Å². The Labute approximate surface area is 159 Å². The van der Waals surface area contributed by atoms with Crippen molar-refractivity contribution in [2.45, 2.75) is 17.6 Å². The number of benzene rings is 1. The van der Waals surface area contributed by atoms with Crippen LogP contribution in [0.1, 0.15) is 5.56 Å². The van der Waals surface area contributed by atoms with Crippen LogP contribution in [0.15, 0.2) is 49.9 Å². The van der Waals surface area contributed by atoms with Gasteiger partial charge in [-0.1, -0.05) is 0 Å². The fraction of sp³-hybridized carbons (Fsp3) is 0.294. The molecule has 0 saturated carbocycles. The van der Waals surface area contributed by atoms with Crippen LogP contribution in [-0.2, 0) is 26.0 Å². The maximum atomic E-state index is 14.5. The van der Waals surface area contributed by atoms with Crippen LogP contribution >= 0.6 is 0 Å². The second-order valence-electron chi connectivity index (χ2n) is 6.38. The number of aliphatic imine (C=N–C) groups is 2. The molecule has 148 valence electrons. The van der Waals surface area contributed by atoms with Crippen LogP contribution in [0.4, 0.5) is 8.78 Å². The van der Waals surface area contributed by atoms with Crippen molar-refractivity contribution >= 4 is 22.1 Å². The molecule has 8 nitrogen and oxygen atoms in total. The summed E-state index contributed by atoms with van der Waals surface area (Å²) in [6, 6.07) is 1.42. The van der Waals surface area contributed by atoms with Crippen LogP contribution in [0, 0.1) is 11.6 Å². The molecule has 0 saturated heterocycles.